The van der Waals surface area contributed by atoms with Gasteiger partial charge in [-0.05, 0) is 32.9 Å². The van der Waals surface area contributed by atoms with Crippen LogP contribution < -0.4 is 10.1 Å². The first-order chi connectivity index (χ1) is 14.4. The van der Waals surface area contributed by atoms with E-state index in [2.05, 4.69) is 25.6 Å². The molecular formula is C21H29N5O4. The maximum atomic E-state index is 12.2. The summed E-state index contributed by atoms with van der Waals surface area (Å²) >= 11 is 0. The summed E-state index contributed by atoms with van der Waals surface area (Å²) in [5.41, 5.74) is 2.55. The van der Waals surface area contributed by atoms with Gasteiger partial charge in [0.15, 0.2) is 11.5 Å². The zero-order valence-corrected chi connectivity index (χ0v) is 18.7. The van der Waals surface area contributed by atoms with E-state index in [-0.39, 0.29) is 5.71 Å². The van der Waals surface area contributed by atoms with Crippen LogP contribution in [0.3, 0.4) is 0 Å². The van der Waals surface area contributed by atoms with Crippen LogP contribution in [0.5, 0.6) is 11.6 Å². The third-order valence-electron chi connectivity index (χ3n) is 3.87. The Morgan fingerprint density at radius 3 is 2.27 bits per heavy atom. The number of benzene rings is 1. The van der Waals surface area contributed by atoms with E-state index in [4.69, 9.17) is 14.4 Å². The maximum Gasteiger partial charge on any atom is 0.273 e. The van der Waals surface area contributed by atoms with Crippen LogP contribution in [0.4, 0.5) is 0 Å². The lowest BCUT2D eigenvalue weighted by Crippen LogP contribution is -2.28. The van der Waals surface area contributed by atoms with Gasteiger partial charge in [-0.2, -0.15) is 4.98 Å². The summed E-state index contributed by atoms with van der Waals surface area (Å²) in [6.07, 6.45) is 0. The number of ether oxygens (including phenoxy) is 1. The lowest BCUT2D eigenvalue weighted by Gasteiger charge is -2.14. The Morgan fingerprint density at radius 1 is 1.03 bits per heavy atom. The number of hydrogen-bond acceptors (Lipinski definition) is 8. The molecule has 1 heterocycles. The predicted octanol–water partition coefficient (Wildman–Crippen LogP) is 3.38. The van der Waals surface area contributed by atoms with E-state index in [0.29, 0.717) is 28.7 Å². The molecule has 2 rings (SSSR count). The molecule has 30 heavy (non-hydrogen) atoms. The molecule has 0 spiro atoms. The van der Waals surface area contributed by atoms with Crippen LogP contribution in [0.15, 0.2) is 34.6 Å². The van der Waals surface area contributed by atoms with E-state index in [1.165, 1.54) is 21.3 Å². The molecule has 0 aliphatic heterocycles. The number of hydrogen-bond donors (Lipinski definition) is 1. The standard InChI is InChI=1S/C19H23N5O4.C2H6/c1-11-12(2)21-17(13(3)23-26-5)22-19(11)28-15-10-8-7-9-14(15)16(24-27-6)18(25)20-4;1-2/h7-10H,1-6H3,(H,20,25);1-2H3/b23-13-,24-16+;. The summed E-state index contributed by atoms with van der Waals surface area (Å²) in [6, 6.07) is 6.99. The number of amides is 1. The molecule has 0 aliphatic carbocycles. The predicted molar refractivity (Wildman–Crippen MR) is 116 cm³/mol. The molecule has 0 radical (unpaired) electrons. The topological polar surface area (TPSA) is 107 Å². The number of nitrogens with one attached hydrogen (secondary N) is 1. The smallest absolute Gasteiger partial charge is 0.273 e. The van der Waals surface area contributed by atoms with Crippen molar-refractivity contribution in [2.75, 3.05) is 21.3 Å². The Kier molecular flexibility index (Phi) is 9.94. The summed E-state index contributed by atoms with van der Waals surface area (Å²) in [5.74, 6) is 0.719. The summed E-state index contributed by atoms with van der Waals surface area (Å²) in [4.78, 5) is 30.7. The van der Waals surface area contributed by atoms with Crippen LogP contribution >= 0.6 is 0 Å². The molecule has 0 saturated heterocycles. The number of aryl methyl sites for hydroxylation is 1. The number of likely N-dealkylation sites (N-methyl/N-ethyl adjacent to an activating group) is 1. The molecule has 1 amide bonds. The van der Waals surface area contributed by atoms with Crippen LogP contribution in [0.1, 0.15) is 43.4 Å². The zero-order chi connectivity index (χ0) is 22.7. The Hall–Kier alpha value is -3.49. The lowest BCUT2D eigenvalue weighted by molar-refractivity contribution is -0.114. The highest BCUT2D eigenvalue weighted by Crippen LogP contribution is 2.28. The van der Waals surface area contributed by atoms with Gasteiger partial charge >= 0.3 is 0 Å². The molecule has 0 fully saturated rings. The van der Waals surface area contributed by atoms with Crippen molar-refractivity contribution in [1.82, 2.24) is 15.3 Å². The maximum absolute atomic E-state index is 12.2. The number of nitrogens with zero attached hydrogens (tertiary/aromatic N) is 4. The molecule has 0 aliphatic rings. The van der Waals surface area contributed by atoms with Crippen molar-refractivity contribution in [2.45, 2.75) is 34.6 Å². The monoisotopic (exact) mass is 415 g/mol. The van der Waals surface area contributed by atoms with E-state index in [1.54, 1.807) is 31.2 Å². The third-order valence-corrected chi connectivity index (χ3v) is 3.87. The van der Waals surface area contributed by atoms with Crippen LogP contribution in [-0.4, -0.2) is 48.6 Å². The van der Waals surface area contributed by atoms with Crippen molar-refractivity contribution in [1.29, 1.82) is 0 Å². The van der Waals surface area contributed by atoms with Crippen molar-refractivity contribution in [3.8, 4) is 11.6 Å². The fourth-order valence-corrected chi connectivity index (χ4v) is 2.32. The minimum Gasteiger partial charge on any atom is -0.438 e. The Morgan fingerprint density at radius 2 is 1.67 bits per heavy atom. The third kappa shape index (κ3) is 6.00. The van der Waals surface area contributed by atoms with Crippen LogP contribution in [0, 0.1) is 13.8 Å². The van der Waals surface area contributed by atoms with Gasteiger partial charge in [0.2, 0.25) is 5.88 Å². The highest BCUT2D eigenvalue weighted by Gasteiger charge is 2.20. The molecule has 162 valence electrons. The number of aromatic nitrogens is 2. The van der Waals surface area contributed by atoms with Gasteiger partial charge < -0.3 is 19.7 Å². The zero-order valence-electron chi connectivity index (χ0n) is 18.7. The first-order valence-electron chi connectivity index (χ1n) is 9.46. The van der Waals surface area contributed by atoms with E-state index in [0.717, 1.165) is 11.3 Å². The average Bonchev–Trinajstić information content (AvgIpc) is 2.76. The SMILES string of the molecule is CC.CNC(=O)/C(=N/OC)c1ccccc1Oc1nc(/C(C)=N\OC)nc(C)c1C. The fourth-order valence-electron chi connectivity index (χ4n) is 2.32. The van der Waals surface area contributed by atoms with Gasteiger partial charge in [-0.15, -0.1) is 0 Å². The summed E-state index contributed by atoms with van der Waals surface area (Å²) in [7, 11) is 4.33. The number of rotatable bonds is 7. The van der Waals surface area contributed by atoms with Crippen LogP contribution in [0.25, 0.3) is 0 Å². The molecule has 1 aromatic carbocycles. The fraction of sp³-hybridized carbons (Fsp3) is 0.381. The first-order valence-corrected chi connectivity index (χ1v) is 9.46. The minimum absolute atomic E-state index is 0.0846. The molecule has 2 aromatic rings. The second-order valence-electron chi connectivity index (χ2n) is 5.72. The van der Waals surface area contributed by atoms with Gasteiger partial charge in [0, 0.05) is 18.3 Å². The second-order valence-corrected chi connectivity index (χ2v) is 5.72. The Balaban J connectivity index is 0.00000218. The van der Waals surface area contributed by atoms with Crippen molar-refractivity contribution >= 4 is 17.3 Å². The van der Waals surface area contributed by atoms with Crippen molar-refractivity contribution in [3.05, 3.63) is 46.9 Å². The van der Waals surface area contributed by atoms with Gasteiger partial charge in [0.25, 0.3) is 5.91 Å². The van der Waals surface area contributed by atoms with Gasteiger partial charge in [-0.3, -0.25) is 4.79 Å². The van der Waals surface area contributed by atoms with Gasteiger partial charge in [-0.1, -0.05) is 36.3 Å². The normalized spacial score (nSPS) is 11.2. The van der Waals surface area contributed by atoms with Gasteiger partial charge in [0.05, 0.1) is 5.56 Å². The number of carbonyl (C=O) groups excluding carboxylic acids is 1. The van der Waals surface area contributed by atoms with E-state index in [9.17, 15) is 4.79 Å². The first kappa shape index (κ1) is 24.5. The Labute approximate surface area is 177 Å². The molecule has 9 nitrogen and oxygen atoms in total. The molecule has 1 N–H and O–H groups in total. The quantitative estimate of drug-likeness (QED) is 0.549. The molecule has 0 bridgehead atoms. The average molecular weight is 415 g/mol. The molecule has 0 unspecified atom stereocenters. The molecule has 0 saturated carbocycles. The van der Waals surface area contributed by atoms with E-state index in [1.807, 2.05) is 27.7 Å². The highest BCUT2D eigenvalue weighted by atomic mass is 16.6. The lowest BCUT2D eigenvalue weighted by atomic mass is 10.1. The van der Waals surface area contributed by atoms with Crippen molar-refractivity contribution < 1.29 is 19.2 Å². The molecule has 1 aromatic heterocycles. The second kappa shape index (κ2) is 12.2. The van der Waals surface area contributed by atoms with Crippen molar-refractivity contribution in [2.24, 2.45) is 10.3 Å². The van der Waals surface area contributed by atoms with Gasteiger partial charge in [0.1, 0.15) is 25.7 Å². The largest absolute Gasteiger partial charge is 0.438 e. The van der Waals surface area contributed by atoms with Gasteiger partial charge in [-0.25, -0.2) is 4.98 Å². The number of carbonyl (C=O) groups is 1. The van der Waals surface area contributed by atoms with Crippen LogP contribution in [0.2, 0.25) is 0 Å². The van der Waals surface area contributed by atoms with Crippen LogP contribution in [-0.2, 0) is 14.5 Å². The Bertz CT molecular complexity index is 926. The number of para-hydroxylation sites is 1. The molecule has 9 heteroatoms. The minimum atomic E-state index is -0.405. The van der Waals surface area contributed by atoms with E-state index < -0.39 is 5.91 Å². The summed E-state index contributed by atoms with van der Waals surface area (Å²) < 4.78 is 6.05. The number of oxime groups is 2. The molecular weight excluding hydrogens is 386 g/mol. The van der Waals surface area contributed by atoms with Crippen molar-refractivity contribution in [3.63, 3.8) is 0 Å². The van der Waals surface area contributed by atoms with E-state index >= 15 is 0 Å². The summed E-state index contributed by atoms with van der Waals surface area (Å²) in [5, 5.41) is 10.2. The summed E-state index contributed by atoms with van der Waals surface area (Å²) in [6.45, 7) is 9.44. The highest BCUT2D eigenvalue weighted by molar-refractivity contribution is 6.45. The molecule has 0 atom stereocenters.